The zero-order valence-corrected chi connectivity index (χ0v) is 24.9. The van der Waals surface area contributed by atoms with E-state index in [0.717, 1.165) is 16.7 Å². The number of halogens is 2. The molecule has 4 N–H and O–H groups in total. The van der Waals surface area contributed by atoms with Crippen molar-refractivity contribution in [3.8, 4) is 5.75 Å². The maximum atomic E-state index is 12.7. The van der Waals surface area contributed by atoms with Gasteiger partial charge in [-0.05, 0) is 72.6 Å². The fourth-order valence-electron chi connectivity index (χ4n) is 3.64. The highest BCUT2D eigenvalue weighted by Crippen LogP contribution is 2.30. The van der Waals surface area contributed by atoms with Gasteiger partial charge in [-0.1, -0.05) is 57.0 Å². The number of ether oxygens (including phenoxy) is 1. The number of rotatable bonds is 11. The minimum atomic E-state index is -1.57. The van der Waals surface area contributed by atoms with Gasteiger partial charge in [-0.3, -0.25) is 0 Å². The lowest BCUT2D eigenvalue weighted by molar-refractivity contribution is 0.0696. The molecule has 0 radical (unpaired) electrons. The Labute approximate surface area is 242 Å². The van der Waals surface area contributed by atoms with Crippen LogP contribution in [0.5, 0.6) is 5.75 Å². The number of nitrogens with two attached hydrogens (primary N) is 1. The van der Waals surface area contributed by atoms with Gasteiger partial charge >= 0.3 is 5.97 Å². The van der Waals surface area contributed by atoms with Crippen LogP contribution in [-0.4, -0.2) is 21.9 Å². The summed E-state index contributed by atoms with van der Waals surface area (Å²) in [5.74, 6) is 5.75. The van der Waals surface area contributed by atoms with Crippen molar-refractivity contribution in [3.05, 3.63) is 98.7 Å². The molecule has 0 bridgehead atoms. The van der Waals surface area contributed by atoms with Crippen LogP contribution in [0.4, 0.5) is 5.69 Å². The van der Waals surface area contributed by atoms with Crippen LogP contribution >= 0.6 is 23.2 Å². The van der Waals surface area contributed by atoms with E-state index < -0.39 is 17.0 Å². The molecule has 0 saturated carbocycles. The molecule has 7 nitrogen and oxygen atoms in total. The van der Waals surface area contributed by atoms with E-state index in [-0.39, 0.29) is 18.1 Å². The first-order valence-electron chi connectivity index (χ1n) is 12.4. The van der Waals surface area contributed by atoms with E-state index >= 15 is 0 Å². The minimum Gasteiger partial charge on any atom is -0.489 e. The van der Waals surface area contributed by atoms with E-state index in [1.54, 1.807) is 30.3 Å². The van der Waals surface area contributed by atoms with Crippen LogP contribution in [0.1, 0.15) is 49.2 Å². The normalized spacial score (nSPS) is 12.1. The van der Waals surface area contributed by atoms with Crippen LogP contribution in [0.25, 0.3) is 0 Å². The largest absolute Gasteiger partial charge is 0.489 e. The number of hydrogen-bond donors (Lipinski definition) is 3. The average Bonchev–Trinajstić information content (AvgIpc) is 2.91. The Balaban J connectivity index is 0.00000260. The number of anilines is 1. The van der Waals surface area contributed by atoms with E-state index in [2.05, 4.69) is 4.72 Å². The van der Waals surface area contributed by atoms with E-state index in [1.165, 1.54) is 24.3 Å². The Bertz CT molecular complexity index is 1310. The number of aromatic carboxylic acids is 1. The molecular weight excluding hydrogens is 559 g/mol. The summed E-state index contributed by atoms with van der Waals surface area (Å²) in [7, 11) is -1.57. The zero-order valence-electron chi connectivity index (χ0n) is 22.6. The first-order valence-corrected chi connectivity index (χ1v) is 14.3. The second kappa shape index (κ2) is 15.5. The molecule has 0 aliphatic heterocycles. The number of hydrogen-bond acceptors (Lipinski definition) is 5. The number of carboxylic acid groups (broad SMARTS) is 1. The maximum absolute atomic E-state index is 12.7. The topological polar surface area (TPSA) is 111 Å². The molecule has 0 heterocycles. The van der Waals surface area contributed by atoms with Gasteiger partial charge < -0.3 is 19.4 Å². The SMILES string of the molecule is CC.Cc1cc(OC/C(Cc2c(Cl)cccc2Cl)=C(/ON)C(C)C)ccc1NS(=O)c1ccc(C(=O)O)cc1. The summed E-state index contributed by atoms with van der Waals surface area (Å²) in [5, 5.41) is 10.1. The van der Waals surface area contributed by atoms with E-state index in [4.69, 9.17) is 43.8 Å². The van der Waals surface area contributed by atoms with Crippen molar-refractivity contribution in [2.45, 2.75) is 45.9 Å². The van der Waals surface area contributed by atoms with Crippen molar-refractivity contribution in [1.82, 2.24) is 0 Å². The molecule has 0 aromatic heterocycles. The molecule has 0 aliphatic rings. The maximum Gasteiger partial charge on any atom is 0.335 e. The number of benzene rings is 3. The van der Waals surface area contributed by atoms with Gasteiger partial charge in [-0.15, -0.1) is 0 Å². The van der Waals surface area contributed by atoms with Crippen LogP contribution in [-0.2, 0) is 22.2 Å². The summed E-state index contributed by atoms with van der Waals surface area (Å²) in [6.45, 7) is 10.00. The van der Waals surface area contributed by atoms with Gasteiger partial charge in [-0.25, -0.2) is 9.00 Å². The Morgan fingerprint density at radius 3 is 2.18 bits per heavy atom. The third-order valence-electron chi connectivity index (χ3n) is 5.58. The van der Waals surface area contributed by atoms with Crippen LogP contribution in [0, 0.1) is 12.8 Å². The van der Waals surface area contributed by atoms with Crippen molar-refractivity contribution in [3.63, 3.8) is 0 Å². The average molecular weight is 594 g/mol. The molecule has 210 valence electrons. The Kier molecular flexibility index (Phi) is 12.8. The second-order valence-electron chi connectivity index (χ2n) is 8.58. The monoisotopic (exact) mass is 592 g/mol. The van der Waals surface area contributed by atoms with Crippen LogP contribution in [0.3, 0.4) is 0 Å². The summed E-state index contributed by atoms with van der Waals surface area (Å²) in [6.07, 6.45) is 0.404. The van der Waals surface area contributed by atoms with Crippen molar-refractivity contribution < 1.29 is 23.7 Å². The number of carboxylic acids is 1. The second-order valence-corrected chi connectivity index (χ2v) is 10.6. The summed E-state index contributed by atoms with van der Waals surface area (Å²) in [6, 6.07) is 16.6. The Hall–Kier alpha value is -3.04. The lowest BCUT2D eigenvalue weighted by Crippen LogP contribution is -2.15. The Morgan fingerprint density at radius 2 is 1.67 bits per heavy atom. The standard InChI is InChI=1S/C27H28Cl2N2O5S.C2H6/c1-16(2)26(36-30)19(14-22-23(28)5-4-6-24(22)29)15-35-20-9-12-25(17(3)13-20)31-37(34)21-10-7-18(8-11-21)27(32)33;1-2/h4-13,16,31H,14-15,30H2,1-3H3,(H,32,33);1-2H3/b26-19+;. The molecule has 3 rings (SSSR count). The zero-order chi connectivity index (χ0) is 29.1. The van der Waals surface area contributed by atoms with E-state index in [0.29, 0.717) is 38.6 Å². The summed E-state index contributed by atoms with van der Waals surface area (Å²) < 4.78 is 21.7. The van der Waals surface area contributed by atoms with Gasteiger partial charge in [0.15, 0.2) is 0 Å². The molecule has 3 aromatic carbocycles. The van der Waals surface area contributed by atoms with Gasteiger partial charge in [0.25, 0.3) is 0 Å². The van der Waals surface area contributed by atoms with Crippen molar-refractivity contribution in [2.75, 3.05) is 11.3 Å². The van der Waals surface area contributed by atoms with E-state index in [9.17, 15) is 9.00 Å². The number of carbonyl (C=O) groups is 1. The summed E-state index contributed by atoms with van der Waals surface area (Å²) in [5.41, 5.74) is 3.16. The Morgan fingerprint density at radius 1 is 1.05 bits per heavy atom. The highest BCUT2D eigenvalue weighted by atomic mass is 35.5. The molecule has 1 unspecified atom stereocenters. The van der Waals surface area contributed by atoms with Gasteiger partial charge in [-0.2, -0.15) is 5.90 Å². The van der Waals surface area contributed by atoms with Gasteiger partial charge in [0.05, 0.1) is 10.5 Å². The van der Waals surface area contributed by atoms with Crippen molar-refractivity contribution >= 4 is 45.8 Å². The minimum absolute atomic E-state index is 0.0118. The molecule has 0 fully saturated rings. The predicted octanol–water partition coefficient (Wildman–Crippen LogP) is 7.58. The van der Waals surface area contributed by atoms with Gasteiger partial charge in [0, 0.05) is 33.6 Å². The third kappa shape index (κ3) is 9.00. The van der Waals surface area contributed by atoms with Crippen LogP contribution in [0.2, 0.25) is 10.0 Å². The highest BCUT2D eigenvalue weighted by molar-refractivity contribution is 7.86. The fraction of sp³-hybridized carbons (Fsp3) is 0.276. The van der Waals surface area contributed by atoms with Gasteiger partial charge in [0.2, 0.25) is 0 Å². The molecule has 10 heteroatoms. The first-order chi connectivity index (χ1) is 18.6. The molecule has 1 atom stereocenters. The molecular formula is C29H34Cl2N2O5S. The molecule has 0 amide bonds. The highest BCUT2D eigenvalue weighted by Gasteiger charge is 2.18. The quantitative estimate of drug-likeness (QED) is 0.156. The third-order valence-corrected chi connectivity index (χ3v) is 7.39. The molecule has 0 saturated heterocycles. The molecule has 3 aromatic rings. The summed E-state index contributed by atoms with van der Waals surface area (Å²) >= 11 is 12.8. The predicted molar refractivity (Wildman–Crippen MR) is 159 cm³/mol. The lowest BCUT2D eigenvalue weighted by Gasteiger charge is -2.19. The number of aryl methyl sites for hydroxylation is 1. The van der Waals surface area contributed by atoms with Crippen LogP contribution < -0.4 is 15.4 Å². The lowest BCUT2D eigenvalue weighted by atomic mass is 10.00. The van der Waals surface area contributed by atoms with Crippen LogP contribution in [0.15, 0.2) is 76.9 Å². The van der Waals surface area contributed by atoms with Crippen molar-refractivity contribution in [1.29, 1.82) is 0 Å². The number of allylic oxidation sites excluding steroid dienone is 1. The van der Waals surface area contributed by atoms with Crippen molar-refractivity contribution in [2.24, 2.45) is 11.8 Å². The summed E-state index contributed by atoms with van der Waals surface area (Å²) in [4.78, 5) is 16.7. The molecule has 39 heavy (non-hydrogen) atoms. The van der Waals surface area contributed by atoms with Gasteiger partial charge in [0.1, 0.15) is 29.1 Å². The molecule has 0 spiro atoms. The first kappa shape index (κ1) is 32.2. The fourth-order valence-corrected chi connectivity index (χ4v) is 5.10. The number of nitrogens with one attached hydrogen (secondary N) is 1. The smallest absolute Gasteiger partial charge is 0.335 e. The molecule has 0 aliphatic carbocycles. The van der Waals surface area contributed by atoms with E-state index in [1.807, 2.05) is 40.7 Å².